The Morgan fingerprint density at radius 3 is 2.11 bits per heavy atom. The summed E-state index contributed by atoms with van der Waals surface area (Å²) in [5.74, 6) is -0.250. The van der Waals surface area contributed by atoms with Crippen LogP contribution in [0.5, 0.6) is 5.75 Å². The first-order valence-electron chi connectivity index (χ1n) is 5.35. The van der Waals surface area contributed by atoms with Crippen LogP contribution in [0, 0.1) is 0 Å². The lowest BCUT2D eigenvalue weighted by atomic mass is 10.3. The molecule has 0 radical (unpaired) electrons. The summed E-state index contributed by atoms with van der Waals surface area (Å²) in [6.45, 7) is 0. The van der Waals surface area contributed by atoms with Gasteiger partial charge in [0.05, 0.1) is 5.69 Å². The molecule has 0 aliphatic rings. The van der Waals surface area contributed by atoms with E-state index >= 15 is 0 Å². The van der Waals surface area contributed by atoms with Crippen LogP contribution < -0.4 is 4.31 Å². The molecule has 94 valence electrons. The number of phenols is 1. The first kappa shape index (κ1) is 12.4. The minimum absolute atomic E-state index is 0.101. The van der Waals surface area contributed by atoms with Gasteiger partial charge in [0.2, 0.25) is 0 Å². The zero-order valence-electron chi connectivity index (χ0n) is 9.82. The maximum atomic E-state index is 12.3. The van der Waals surface area contributed by atoms with Crippen LogP contribution in [0.2, 0.25) is 0 Å². The van der Waals surface area contributed by atoms with Crippen LogP contribution in [0.1, 0.15) is 0 Å². The Kier molecular flexibility index (Phi) is 3.25. The van der Waals surface area contributed by atoms with Crippen molar-refractivity contribution in [1.82, 2.24) is 0 Å². The van der Waals surface area contributed by atoms with E-state index in [1.807, 2.05) is 6.07 Å². The monoisotopic (exact) mass is 263 g/mol. The molecule has 0 aliphatic carbocycles. The van der Waals surface area contributed by atoms with E-state index in [2.05, 4.69) is 0 Å². The Labute approximate surface area is 106 Å². The average molecular weight is 263 g/mol. The molecule has 0 bridgehead atoms. The van der Waals surface area contributed by atoms with Crippen molar-refractivity contribution in [3.05, 3.63) is 54.6 Å². The molecule has 4 nitrogen and oxygen atoms in total. The average Bonchev–Trinajstić information content (AvgIpc) is 2.39. The second kappa shape index (κ2) is 4.70. The van der Waals surface area contributed by atoms with Crippen molar-refractivity contribution >= 4 is 15.7 Å². The van der Waals surface area contributed by atoms with Crippen LogP contribution in [0.3, 0.4) is 0 Å². The van der Waals surface area contributed by atoms with E-state index in [1.54, 1.807) is 36.4 Å². The van der Waals surface area contributed by atoms with E-state index in [9.17, 15) is 13.5 Å². The molecule has 0 amide bonds. The van der Waals surface area contributed by atoms with E-state index in [-0.39, 0.29) is 10.6 Å². The van der Waals surface area contributed by atoms with Crippen molar-refractivity contribution < 1.29 is 13.5 Å². The van der Waals surface area contributed by atoms with Gasteiger partial charge in [-0.25, -0.2) is 8.42 Å². The van der Waals surface area contributed by atoms with Gasteiger partial charge in [0, 0.05) is 7.05 Å². The lowest BCUT2D eigenvalue weighted by Gasteiger charge is -2.19. The largest absolute Gasteiger partial charge is 0.507 e. The fraction of sp³-hybridized carbons (Fsp3) is 0.0769. The minimum atomic E-state index is -3.74. The number of phenolic OH excluding ortho intramolecular Hbond substituents is 1. The summed E-state index contributed by atoms with van der Waals surface area (Å²) >= 11 is 0. The smallest absolute Gasteiger partial charge is 0.267 e. The van der Waals surface area contributed by atoms with E-state index < -0.39 is 10.0 Å². The number of sulfonamides is 1. The SMILES string of the molecule is CN(c1ccccc1)S(=O)(=O)c1ccccc1O. The third-order valence-corrected chi connectivity index (χ3v) is 4.46. The normalized spacial score (nSPS) is 11.2. The maximum Gasteiger partial charge on any atom is 0.267 e. The van der Waals surface area contributed by atoms with Crippen molar-refractivity contribution in [2.24, 2.45) is 0 Å². The Hall–Kier alpha value is -2.01. The summed E-state index contributed by atoms with van der Waals surface area (Å²) in [5.41, 5.74) is 0.542. The molecule has 0 fully saturated rings. The van der Waals surface area contributed by atoms with Crippen molar-refractivity contribution in [1.29, 1.82) is 0 Å². The molecule has 0 saturated carbocycles. The molecule has 5 heteroatoms. The summed E-state index contributed by atoms with van der Waals surface area (Å²) < 4.78 is 25.8. The molecule has 0 aliphatic heterocycles. The Morgan fingerprint density at radius 2 is 1.50 bits per heavy atom. The van der Waals surface area contributed by atoms with Crippen LogP contribution in [0.4, 0.5) is 5.69 Å². The molecule has 18 heavy (non-hydrogen) atoms. The van der Waals surface area contributed by atoms with Crippen LogP contribution in [-0.2, 0) is 10.0 Å². The van der Waals surface area contributed by atoms with Gasteiger partial charge < -0.3 is 5.11 Å². The van der Waals surface area contributed by atoms with E-state index in [0.717, 1.165) is 4.31 Å². The lowest BCUT2D eigenvalue weighted by molar-refractivity contribution is 0.458. The second-order valence-electron chi connectivity index (χ2n) is 3.78. The summed E-state index contributed by atoms with van der Waals surface area (Å²) in [5, 5.41) is 9.64. The number of para-hydroxylation sites is 2. The predicted octanol–water partition coefficient (Wildman–Crippen LogP) is 2.22. The fourth-order valence-electron chi connectivity index (χ4n) is 1.60. The van der Waals surface area contributed by atoms with Crippen molar-refractivity contribution in [3.8, 4) is 5.75 Å². The predicted molar refractivity (Wildman–Crippen MR) is 70.1 cm³/mol. The van der Waals surface area contributed by atoms with Gasteiger partial charge in [0.1, 0.15) is 10.6 Å². The summed E-state index contributed by atoms with van der Waals surface area (Å²) in [7, 11) is -2.28. The van der Waals surface area contributed by atoms with Gasteiger partial charge in [0.25, 0.3) is 10.0 Å². The van der Waals surface area contributed by atoms with Gasteiger partial charge in [-0.15, -0.1) is 0 Å². The number of hydrogen-bond acceptors (Lipinski definition) is 3. The molecular weight excluding hydrogens is 250 g/mol. The van der Waals surface area contributed by atoms with Gasteiger partial charge in [-0.3, -0.25) is 4.31 Å². The van der Waals surface area contributed by atoms with Gasteiger partial charge in [-0.1, -0.05) is 30.3 Å². The number of hydrogen-bond donors (Lipinski definition) is 1. The van der Waals surface area contributed by atoms with Crippen molar-refractivity contribution in [2.75, 3.05) is 11.4 Å². The number of rotatable bonds is 3. The number of nitrogens with zero attached hydrogens (tertiary/aromatic N) is 1. The molecule has 0 heterocycles. The zero-order chi connectivity index (χ0) is 13.2. The molecule has 0 aromatic heterocycles. The molecule has 0 unspecified atom stereocenters. The number of aromatic hydroxyl groups is 1. The summed E-state index contributed by atoms with van der Waals surface area (Å²) in [6.07, 6.45) is 0. The molecule has 0 atom stereocenters. The standard InChI is InChI=1S/C13H13NO3S/c1-14(11-7-3-2-4-8-11)18(16,17)13-10-6-5-9-12(13)15/h2-10,15H,1H3. The van der Waals surface area contributed by atoms with Crippen molar-refractivity contribution in [2.45, 2.75) is 4.90 Å². The Bertz CT molecular complexity index is 638. The highest BCUT2D eigenvalue weighted by atomic mass is 32.2. The topological polar surface area (TPSA) is 57.6 Å². The first-order valence-corrected chi connectivity index (χ1v) is 6.79. The number of anilines is 1. The molecule has 1 N–H and O–H groups in total. The highest BCUT2D eigenvalue weighted by Gasteiger charge is 2.23. The molecule has 0 spiro atoms. The summed E-state index contributed by atoms with van der Waals surface area (Å²) in [4.78, 5) is -0.101. The molecule has 2 rings (SSSR count). The van der Waals surface area contributed by atoms with Gasteiger partial charge in [-0.05, 0) is 24.3 Å². The molecule has 0 saturated heterocycles. The lowest BCUT2D eigenvalue weighted by Crippen LogP contribution is -2.26. The Balaban J connectivity index is 2.48. The van der Waals surface area contributed by atoms with Crippen LogP contribution in [0.25, 0.3) is 0 Å². The fourth-order valence-corrected chi connectivity index (χ4v) is 2.88. The number of benzene rings is 2. The van der Waals surface area contributed by atoms with E-state index in [4.69, 9.17) is 0 Å². The molecular formula is C13H13NO3S. The molecule has 2 aromatic carbocycles. The van der Waals surface area contributed by atoms with Gasteiger partial charge >= 0.3 is 0 Å². The van der Waals surface area contributed by atoms with E-state index in [1.165, 1.54) is 19.2 Å². The first-order chi connectivity index (χ1) is 8.53. The Morgan fingerprint density at radius 1 is 0.944 bits per heavy atom. The summed E-state index contributed by atoms with van der Waals surface area (Å²) in [6, 6.07) is 14.6. The van der Waals surface area contributed by atoms with Crippen LogP contribution in [0.15, 0.2) is 59.5 Å². The van der Waals surface area contributed by atoms with Crippen LogP contribution in [-0.4, -0.2) is 20.6 Å². The molecule has 2 aromatic rings. The third-order valence-electron chi connectivity index (χ3n) is 2.62. The highest BCUT2D eigenvalue weighted by molar-refractivity contribution is 7.92. The quantitative estimate of drug-likeness (QED) is 0.923. The van der Waals surface area contributed by atoms with E-state index in [0.29, 0.717) is 5.69 Å². The van der Waals surface area contributed by atoms with Crippen LogP contribution >= 0.6 is 0 Å². The maximum absolute atomic E-state index is 12.3. The van der Waals surface area contributed by atoms with Crippen molar-refractivity contribution in [3.63, 3.8) is 0 Å². The highest BCUT2D eigenvalue weighted by Crippen LogP contribution is 2.27. The zero-order valence-corrected chi connectivity index (χ0v) is 10.6. The minimum Gasteiger partial charge on any atom is -0.507 e. The second-order valence-corrected chi connectivity index (χ2v) is 5.71. The third kappa shape index (κ3) is 2.17. The van der Waals surface area contributed by atoms with Gasteiger partial charge in [0.15, 0.2) is 0 Å². The van der Waals surface area contributed by atoms with Gasteiger partial charge in [-0.2, -0.15) is 0 Å².